The summed E-state index contributed by atoms with van der Waals surface area (Å²) in [6.07, 6.45) is 0.512. The van der Waals surface area contributed by atoms with E-state index in [0.29, 0.717) is 16.9 Å². The number of hydrogen-bond donors (Lipinski definition) is 0. The number of benzene rings is 1. The van der Waals surface area contributed by atoms with Gasteiger partial charge in [-0.15, -0.1) is 0 Å². The lowest BCUT2D eigenvalue weighted by Gasteiger charge is -2.16. The highest BCUT2D eigenvalue weighted by atomic mass is 16.6. The van der Waals surface area contributed by atoms with Crippen molar-refractivity contribution in [1.29, 1.82) is 0 Å². The average molecular weight is 398 g/mol. The molecule has 2 rings (SSSR count). The van der Waals surface area contributed by atoms with E-state index in [9.17, 15) is 14.4 Å². The van der Waals surface area contributed by atoms with Gasteiger partial charge >= 0.3 is 17.9 Å². The topological polar surface area (TPSA) is 92.0 Å². The van der Waals surface area contributed by atoms with Gasteiger partial charge in [0.2, 0.25) is 6.10 Å². The summed E-state index contributed by atoms with van der Waals surface area (Å²) in [5, 5.41) is 0. The van der Waals surface area contributed by atoms with Crippen LogP contribution in [0.2, 0.25) is 0 Å². The maximum atomic E-state index is 12.4. The summed E-state index contributed by atoms with van der Waals surface area (Å²) in [4.78, 5) is 36.3. The maximum Gasteiger partial charge on any atom is 0.324 e. The first kappa shape index (κ1) is 21.8. The molecule has 29 heavy (non-hydrogen) atoms. The van der Waals surface area contributed by atoms with Gasteiger partial charge in [-0.1, -0.05) is 24.1 Å². The molecule has 0 N–H and O–H groups in total. The van der Waals surface area contributed by atoms with E-state index in [2.05, 4.69) is 11.8 Å². The van der Waals surface area contributed by atoms with Crippen molar-refractivity contribution < 1.29 is 33.0 Å². The Labute approximate surface area is 168 Å². The van der Waals surface area contributed by atoms with Crippen LogP contribution in [0.4, 0.5) is 0 Å². The van der Waals surface area contributed by atoms with Crippen LogP contribution >= 0.6 is 0 Å². The van der Waals surface area contributed by atoms with Gasteiger partial charge in [0.15, 0.2) is 11.7 Å². The van der Waals surface area contributed by atoms with Gasteiger partial charge in [-0.05, 0) is 43.5 Å². The lowest BCUT2D eigenvalue weighted by Crippen LogP contribution is -2.27. The van der Waals surface area contributed by atoms with Gasteiger partial charge < -0.3 is 18.6 Å². The Morgan fingerprint density at radius 3 is 2.21 bits per heavy atom. The molecule has 0 aliphatic carbocycles. The number of esters is 3. The fourth-order valence-electron chi connectivity index (χ4n) is 2.57. The highest BCUT2D eigenvalue weighted by Crippen LogP contribution is 2.24. The van der Waals surface area contributed by atoms with Crippen LogP contribution in [0.25, 0.3) is 0 Å². The van der Waals surface area contributed by atoms with Crippen LogP contribution in [0.1, 0.15) is 49.7 Å². The Balaban J connectivity index is 2.45. The summed E-state index contributed by atoms with van der Waals surface area (Å²) < 4.78 is 20.6. The number of ether oxygens (including phenoxy) is 3. The molecule has 1 aromatic heterocycles. The van der Waals surface area contributed by atoms with Gasteiger partial charge in [0.25, 0.3) is 0 Å². The lowest BCUT2D eigenvalue weighted by atomic mass is 9.94. The molecule has 152 valence electrons. The second kappa shape index (κ2) is 10.7. The van der Waals surface area contributed by atoms with E-state index >= 15 is 0 Å². The first-order valence-corrected chi connectivity index (χ1v) is 9.12. The highest BCUT2D eigenvalue weighted by Gasteiger charge is 2.33. The second-order valence-electron chi connectivity index (χ2n) is 5.80. The molecule has 0 spiro atoms. The van der Waals surface area contributed by atoms with E-state index in [1.165, 1.54) is 13.2 Å². The zero-order valence-corrected chi connectivity index (χ0v) is 16.5. The van der Waals surface area contributed by atoms with Gasteiger partial charge in [-0.25, -0.2) is 0 Å². The predicted molar refractivity (Wildman–Crippen MR) is 103 cm³/mol. The van der Waals surface area contributed by atoms with E-state index in [4.69, 9.17) is 18.6 Å². The first-order valence-electron chi connectivity index (χ1n) is 9.12. The van der Waals surface area contributed by atoms with Gasteiger partial charge in [0.1, 0.15) is 0 Å². The molecule has 0 saturated carbocycles. The lowest BCUT2D eigenvalue weighted by molar-refractivity contribution is -0.157. The van der Waals surface area contributed by atoms with Crippen LogP contribution in [0.3, 0.4) is 0 Å². The maximum absolute atomic E-state index is 12.4. The molecule has 0 radical (unpaired) electrons. The minimum absolute atomic E-state index is 0.121. The van der Waals surface area contributed by atoms with Crippen molar-refractivity contribution in [3.05, 3.63) is 59.5 Å². The Hall–Kier alpha value is -3.53. The number of carbonyl (C=O) groups excluding carboxylic acids is 3. The van der Waals surface area contributed by atoms with Crippen molar-refractivity contribution in [2.24, 2.45) is 0 Å². The Kier molecular flexibility index (Phi) is 8.04. The van der Waals surface area contributed by atoms with Crippen LogP contribution < -0.4 is 0 Å². The van der Waals surface area contributed by atoms with Crippen LogP contribution in [-0.2, 0) is 28.6 Å². The molecule has 0 bridgehead atoms. The van der Waals surface area contributed by atoms with Crippen molar-refractivity contribution >= 4 is 17.9 Å². The summed E-state index contributed by atoms with van der Waals surface area (Å²) >= 11 is 0. The van der Waals surface area contributed by atoms with E-state index in [-0.39, 0.29) is 13.2 Å². The smallest absolute Gasteiger partial charge is 0.324 e. The minimum Gasteiger partial charge on any atom is -0.465 e. The summed E-state index contributed by atoms with van der Waals surface area (Å²) in [7, 11) is 0. The van der Waals surface area contributed by atoms with Crippen molar-refractivity contribution in [1.82, 2.24) is 0 Å². The van der Waals surface area contributed by atoms with Crippen molar-refractivity contribution in [3.63, 3.8) is 0 Å². The standard InChI is InChI=1S/C22H22O7/c1-4-26-21(24)20(22(25)27-5-2)17-10-7-6-9-16(17)12-13-19(29-15(3)23)18-11-8-14-28-18/h6-11,14,19-20H,4-5H2,1-3H3. The van der Waals surface area contributed by atoms with Gasteiger partial charge in [0.05, 0.1) is 19.5 Å². The number of carbonyl (C=O) groups is 3. The van der Waals surface area contributed by atoms with E-state index in [1.807, 2.05) is 0 Å². The Bertz CT molecular complexity index is 885. The molecule has 0 aliphatic rings. The minimum atomic E-state index is -1.27. The first-order chi connectivity index (χ1) is 14.0. The fourth-order valence-corrected chi connectivity index (χ4v) is 2.57. The zero-order chi connectivity index (χ0) is 21.2. The third kappa shape index (κ3) is 5.98. The molecule has 0 amide bonds. The molecule has 1 unspecified atom stereocenters. The number of rotatable bonds is 7. The summed E-state index contributed by atoms with van der Waals surface area (Å²) in [6, 6.07) is 9.95. The molecule has 7 heteroatoms. The second-order valence-corrected chi connectivity index (χ2v) is 5.80. The number of hydrogen-bond acceptors (Lipinski definition) is 7. The third-order valence-electron chi connectivity index (χ3n) is 3.74. The quantitative estimate of drug-likeness (QED) is 0.306. The molecule has 0 fully saturated rings. The summed E-state index contributed by atoms with van der Waals surface area (Å²) in [5.41, 5.74) is 0.750. The Morgan fingerprint density at radius 2 is 1.66 bits per heavy atom. The normalized spacial score (nSPS) is 11.2. The van der Waals surface area contributed by atoms with Crippen molar-refractivity contribution in [2.75, 3.05) is 13.2 Å². The fraction of sp³-hybridized carbons (Fsp3) is 0.318. The van der Waals surface area contributed by atoms with Gasteiger partial charge in [-0.3, -0.25) is 14.4 Å². The van der Waals surface area contributed by atoms with Crippen LogP contribution in [-0.4, -0.2) is 31.1 Å². The Morgan fingerprint density at radius 1 is 1.00 bits per heavy atom. The van der Waals surface area contributed by atoms with E-state index < -0.39 is 29.9 Å². The summed E-state index contributed by atoms with van der Waals surface area (Å²) in [5.74, 6) is 2.82. The van der Waals surface area contributed by atoms with E-state index in [1.54, 1.807) is 50.2 Å². The highest BCUT2D eigenvalue weighted by molar-refractivity contribution is 6.01. The van der Waals surface area contributed by atoms with Crippen molar-refractivity contribution in [3.8, 4) is 11.8 Å². The number of furan rings is 1. The van der Waals surface area contributed by atoms with Gasteiger partial charge in [0, 0.05) is 12.5 Å². The molecule has 0 saturated heterocycles. The summed E-state index contributed by atoms with van der Waals surface area (Å²) in [6.45, 7) is 4.81. The molecule has 0 aliphatic heterocycles. The van der Waals surface area contributed by atoms with Crippen molar-refractivity contribution in [2.45, 2.75) is 32.8 Å². The molecule has 7 nitrogen and oxygen atoms in total. The largest absolute Gasteiger partial charge is 0.465 e. The van der Waals surface area contributed by atoms with Crippen LogP contribution in [0.15, 0.2) is 47.1 Å². The average Bonchev–Trinajstić information content (AvgIpc) is 3.21. The predicted octanol–water partition coefficient (Wildman–Crippen LogP) is 3.15. The third-order valence-corrected chi connectivity index (χ3v) is 3.74. The molecule has 1 aromatic carbocycles. The van der Waals surface area contributed by atoms with Gasteiger partial charge in [-0.2, -0.15) is 0 Å². The zero-order valence-electron chi connectivity index (χ0n) is 16.5. The molecule has 2 aromatic rings. The molecule has 1 heterocycles. The van der Waals surface area contributed by atoms with Crippen LogP contribution in [0, 0.1) is 11.8 Å². The molecule has 1 atom stereocenters. The molecular formula is C22H22O7. The monoisotopic (exact) mass is 398 g/mol. The van der Waals surface area contributed by atoms with Crippen LogP contribution in [0.5, 0.6) is 0 Å². The molecular weight excluding hydrogens is 376 g/mol. The van der Waals surface area contributed by atoms with E-state index in [0.717, 1.165) is 0 Å². The SMILES string of the molecule is CCOC(=O)C(C(=O)OCC)c1ccccc1C#CC(OC(C)=O)c1ccco1.